The number of hydrogen-bond donors (Lipinski definition) is 0. The summed E-state index contributed by atoms with van der Waals surface area (Å²) in [5.41, 5.74) is 0.481. The van der Waals surface area contributed by atoms with Crippen molar-refractivity contribution in [2.45, 2.75) is 43.7 Å². The molecule has 3 aliphatic rings. The Kier molecular flexibility index (Phi) is 4.45. The first-order chi connectivity index (χ1) is 11.7. The van der Waals surface area contributed by atoms with Gasteiger partial charge in [0, 0.05) is 18.6 Å². The summed E-state index contributed by atoms with van der Waals surface area (Å²) in [5, 5.41) is 0. The zero-order valence-electron chi connectivity index (χ0n) is 14.1. The van der Waals surface area contributed by atoms with Gasteiger partial charge in [0.25, 0.3) is 0 Å². The molecule has 5 nitrogen and oxygen atoms in total. The van der Waals surface area contributed by atoms with Crippen molar-refractivity contribution in [3.63, 3.8) is 0 Å². The van der Waals surface area contributed by atoms with Gasteiger partial charge >= 0.3 is 0 Å². The number of fused-ring (bicyclic) bond motifs is 3. The van der Waals surface area contributed by atoms with Crippen molar-refractivity contribution in [1.29, 1.82) is 0 Å². The van der Waals surface area contributed by atoms with Crippen molar-refractivity contribution in [3.8, 4) is 0 Å². The number of allylic oxidation sites excluding steroid dienone is 1. The quantitative estimate of drug-likeness (QED) is 0.780. The predicted octanol–water partition coefficient (Wildman–Crippen LogP) is 2.82. The SMILES string of the molecule is CO[C@H]1O[C@@H]2CO[C@@H](c3ccccc3)O[C@H]2[C@@H]2CC=CCO[C@@]12C. The van der Waals surface area contributed by atoms with E-state index in [1.807, 2.05) is 30.3 Å². The van der Waals surface area contributed by atoms with Crippen LogP contribution in [0.4, 0.5) is 0 Å². The molecule has 1 aromatic rings. The Labute approximate surface area is 142 Å². The van der Waals surface area contributed by atoms with Gasteiger partial charge in [0.2, 0.25) is 0 Å². The Morgan fingerprint density at radius 1 is 1.12 bits per heavy atom. The molecule has 4 rings (SSSR count). The molecule has 0 amide bonds. The van der Waals surface area contributed by atoms with Crippen molar-refractivity contribution < 1.29 is 23.7 Å². The molecule has 1 aromatic carbocycles. The van der Waals surface area contributed by atoms with Gasteiger partial charge in [0.1, 0.15) is 11.7 Å². The van der Waals surface area contributed by atoms with Crippen molar-refractivity contribution in [2.24, 2.45) is 5.92 Å². The molecule has 6 atom stereocenters. The highest BCUT2D eigenvalue weighted by Crippen LogP contribution is 2.45. The molecular weight excluding hydrogens is 308 g/mol. The topological polar surface area (TPSA) is 46.2 Å². The third-order valence-electron chi connectivity index (χ3n) is 5.29. The molecule has 0 aromatic heterocycles. The number of hydrogen-bond acceptors (Lipinski definition) is 5. The Morgan fingerprint density at radius 3 is 2.75 bits per heavy atom. The highest BCUT2D eigenvalue weighted by molar-refractivity contribution is 5.17. The average molecular weight is 332 g/mol. The van der Waals surface area contributed by atoms with Crippen LogP contribution in [-0.2, 0) is 23.7 Å². The molecule has 2 saturated heterocycles. The van der Waals surface area contributed by atoms with E-state index in [1.54, 1.807) is 7.11 Å². The van der Waals surface area contributed by atoms with Crippen LogP contribution in [-0.4, -0.2) is 44.4 Å². The van der Waals surface area contributed by atoms with E-state index in [-0.39, 0.29) is 24.4 Å². The Balaban J connectivity index is 1.62. The first-order valence-electron chi connectivity index (χ1n) is 8.51. The van der Waals surface area contributed by atoms with E-state index >= 15 is 0 Å². The molecule has 24 heavy (non-hydrogen) atoms. The number of benzene rings is 1. The smallest absolute Gasteiger partial charge is 0.186 e. The van der Waals surface area contributed by atoms with Gasteiger partial charge < -0.3 is 23.7 Å². The maximum atomic E-state index is 6.34. The third-order valence-corrected chi connectivity index (χ3v) is 5.29. The van der Waals surface area contributed by atoms with Gasteiger partial charge in [0.05, 0.1) is 19.3 Å². The predicted molar refractivity (Wildman–Crippen MR) is 87.3 cm³/mol. The summed E-state index contributed by atoms with van der Waals surface area (Å²) in [4.78, 5) is 0. The Bertz CT molecular complexity index is 589. The van der Waals surface area contributed by atoms with E-state index < -0.39 is 11.9 Å². The minimum Gasteiger partial charge on any atom is -0.366 e. The summed E-state index contributed by atoms with van der Waals surface area (Å²) < 4.78 is 30.1. The maximum Gasteiger partial charge on any atom is 0.186 e. The van der Waals surface area contributed by atoms with Crippen molar-refractivity contribution in [2.75, 3.05) is 20.3 Å². The fourth-order valence-corrected chi connectivity index (χ4v) is 3.97. The number of methoxy groups -OCH3 is 1. The van der Waals surface area contributed by atoms with Crippen molar-refractivity contribution >= 4 is 0 Å². The normalized spacial score (nSPS) is 42.0. The highest BCUT2D eigenvalue weighted by Gasteiger charge is 2.57. The summed E-state index contributed by atoms with van der Waals surface area (Å²) >= 11 is 0. The average Bonchev–Trinajstić information content (AvgIpc) is 2.83. The van der Waals surface area contributed by atoms with Gasteiger partial charge in [-0.2, -0.15) is 0 Å². The van der Waals surface area contributed by atoms with Gasteiger partial charge in [0.15, 0.2) is 12.6 Å². The van der Waals surface area contributed by atoms with Crippen LogP contribution in [0.15, 0.2) is 42.5 Å². The lowest BCUT2D eigenvalue weighted by Gasteiger charge is -2.53. The molecule has 2 fully saturated rings. The van der Waals surface area contributed by atoms with Crippen LogP contribution in [0, 0.1) is 5.92 Å². The second kappa shape index (κ2) is 6.58. The molecule has 0 saturated carbocycles. The molecule has 130 valence electrons. The van der Waals surface area contributed by atoms with Crippen molar-refractivity contribution in [3.05, 3.63) is 48.0 Å². The lowest BCUT2D eigenvalue weighted by Crippen LogP contribution is -2.65. The molecule has 0 spiro atoms. The summed E-state index contributed by atoms with van der Waals surface area (Å²) in [5.74, 6) is 0.148. The van der Waals surface area contributed by atoms with Crippen LogP contribution in [0.1, 0.15) is 25.2 Å². The zero-order chi connectivity index (χ0) is 16.6. The van der Waals surface area contributed by atoms with Gasteiger partial charge in [-0.25, -0.2) is 0 Å². The summed E-state index contributed by atoms with van der Waals surface area (Å²) in [7, 11) is 1.66. The van der Waals surface area contributed by atoms with E-state index in [0.29, 0.717) is 13.2 Å². The zero-order valence-corrected chi connectivity index (χ0v) is 14.1. The Morgan fingerprint density at radius 2 is 1.96 bits per heavy atom. The molecule has 0 N–H and O–H groups in total. The fraction of sp³-hybridized carbons (Fsp3) is 0.579. The van der Waals surface area contributed by atoms with Crippen LogP contribution in [0.2, 0.25) is 0 Å². The fourth-order valence-electron chi connectivity index (χ4n) is 3.97. The van der Waals surface area contributed by atoms with E-state index in [2.05, 4.69) is 19.1 Å². The maximum absolute atomic E-state index is 6.34. The first kappa shape index (κ1) is 16.2. The largest absolute Gasteiger partial charge is 0.366 e. The molecular formula is C19H24O5. The van der Waals surface area contributed by atoms with E-state index in [9.17, 15) is 0 Å². The van der Waals surface area contributed by atoms with Crippen molar-refractivity contribution in [1.82, 2.24) is 0 Å². The molecule has 3 heterocycles. The monoisotopic (exact) mass is 332 g/mol. The summed E-state index contributed by atoms with van der Waals surface area (Å²) in [6.07, 6.45) is 4.06. The first-order valence-corrected chi connectivity index (χ1v) is 8.51. The molecule has 3 aliphatic heterocycles. The van der Waals surface area contributed by atoms with Gasteiger partial charge in [-0.05, 0) is 13.3 Å². The molecule has 0 radical (unpaired) electrons. The summed E-state index contributed by atoms with van der Waals surface area (Å²) in [6, 6.07) is 10.0. The lowest BCUT2D eigenvalue weighted by molar-refractivity contribution is -0.376. The third kappa shape index (κ3) is 2.70. The number of ether oxygens (including phenoxy) is 5. The number of rotatable bonds is 2. The second-order valence-corrected chi connectivity index (χ2v) is 6.73. The molecule has 0 aliphatic carbocycles. The van der Waals surface area contributed by atoms with Gasteiger partial charge in [-0.3, -0.25) is 0 Å². The molecule has 0 bridgehead atoms. The van der Waals surface area contributed by atoms with Crippen LogP contribution in [0.5, 0.6) is 0 Å². The minimum atomic E-state index is -0.544. The lowest BCUT2D eigenvalue weighted by atomic mass is 9.77. The standard InChI is InChI=1S/C19H24O5/c1-19-14(10-6-7-11-22-19)16-15(23-18(19)20-2)12-21-17(24-16)13-8-4-3-5-9-13/h3-9,14-18H,10-12H2,1-2H3/t14-,15+,16-,17+,18-,19+/m0/s1. The van der Waals surface area contributed by atoms with Crippen LogP contribution >= 0.6 is 0 Å². The Hall–Kier alpha value is -1.24. The van der Waals surface area contributed by atoms with Gasteiger partial charge in [-0.15, -0.1) is 0 Å². The minimum absolute atomic E-state index is 0.0943. The molecule has 5 heteroatoms. The summed E-state index contributed by atoms with van der Waals surface area (Å²) in [6.45, 7) is 3.11. The second-order valence-electron chi connectivity index (χ2n) is 6.73. The van der Waals surface area contributed by atoms with E-state index in [4.69, 9.17) is 23.7 Å². The van der Waals surface area contributed by atoms with Crippen LogP contribution < -0.4 is 0 Å². The molecule has 0 unspecified atom stereocenters. The van der Waals surface area contributed by atoms with Gasteiger partial charge in [-0.1, -0.05) is 42.5 Å². The van der Waals surface area contributed by atoms with E-state index in [0.717, 1.165) is 12.0 Å². The van der Waals surface area contributed by atoms with Crippen LogP contribution in [0.3, 0.4) is 0 Å². The van der Waals surface area contributed by atoms with E-state index in [1.165, 1.54) is 0 Å². The van der Waals surface area contributed by atoms with Crippen LogP contribution in [0.25, 0.3) is 0 Å². The highest BCUT2D eigenvalue weighted by atomic mass is 16.8.